The Morgan fingerprint density at radius 3 is 2.24 bits per heavy atom. The quantitative estimate of drug-likeness (QED) is 0.275. The maximum atomic E-state index is 12.9. The zero-order valence-electron chi connectivity index (χ0n) is 18.4. The number of aromatic nitrogens is 2. The van der Waals surface area contributed by atoms with Gasteiger partial charge in [-0.15, -0.1) is 11.6 Å². The lowest BCUT2D eigenvalue weighted by atomic mass is 10.0. The zero-order chi connectivity index (χ0) is 23.8. The number of ketones is 1. The molecule has 8 heteroatoms. The van der Waals surface area contributed by atoms with E-state index in [-0.39, 0.29) is 24.4 Å². The maximum absolute atomic E-state index is 12.9. The zero-order valence-corrected chi connectivity index (χ0v) is 19.2. The summed E-state index contributed by atoms with van der Waals surface area (Å²) in [4.78, 5) is 42.4. The van der Waals surface area contributed by atoms with Gasteiger partial charge in [-0.05, 0) is 37.1 Å². The number of halogens is 1. The van der Waals surface area contributed by atoms with Crippen molar-refractivity contribution in [1.82, 2.24) is 9.13 Å². The van der Waals surface area contributed by atoms with Gasteiger partial charge >= 0.3 is 5.69 Å². The molecule has 0 aliphatic carbocycles. The van der Waals surface area contributed by atoms with Crippen molar-refractivity contribution in [2.75, 3.05) is 5.88 Å². The standard InChI is InChI=1S/C25H26ClN3O4/c1-2-3-15-28-23(31)21(24(32)29(25(28)33)16-7-14-26)17-27-20-12-10-19(11-13-20)22(30)18-8-5-4-6-9-18/h4-6,8-13,17,32H,2-3,7,14-16H2,1H3. The van der Waals surface area contributed by atoms with E-state index in [1.54, 1.807) is 48.5 Å². The largest absolute Gasteiger partial charge is 0.494 e. The Labute approximate surface area is 196 Å². The molecule has 3 aromatic rings. The van der Waals surface area contributed by atoms with Crippen LogP contribution in [0.3, 0.4) is 0 Å². The molecule has 1 N–H and O–H groups in total. The lowest BCUT2D eigenvalue weighted by Gasteiger charge is -2.13. The second kappa shape index (κ2) is 11.4. The van der Waals surface area contributed by atoms with Gasteiger partial charge in [-0.1, -0.05) is 43.7 Å². The van der Waals surface area contributed by atoms with Gasteiger partial charge in [0.25, 0.3) is 5.56 Å². The third kappa shape index (κ3) is 5.68. The van der Waals surface area contributed by atoms with E-state index < -0.39 is 17.1 Å². The van der Waals surface area contributed by atoms with Gasteiger partial charge in [0.15, 0.2) is 5.78 Å². The molecule has 0 fully saturated rings. The molecule has 172 valence electrons. The summed E-state index contributed by atoms with van der Waals surface area (Å²) in [7, 11) is 0. The van der Waals surface area contributed by atoms with Crippen LogP contribution in [0.15, 0.2) is 69.2 Å². The first kappa shape index (κ1) is 24.2. The number of aromatic hydroxyl groups is 1. The molecular weight excluding hydrogens is 442 g/mol. The summed E-state index contributed by atoms with van der Waals surface area (Å²) in [6.07, 6.45) is 3.19. The topological polar surface area (TPSA) is 93.7 Å². The molecule has 7 nitrogen and oxygen atoms in total. The Hall–Kier alpha value is -3.45. The SMILES string of the molecule is CCCCn1c(=O)c(C=Nc2ccc(C(=O)c3ccccc3)cc2)c(O)n(CCCCl)c1=O. The fraction of sp³-hybridized carbons (Fsp3) is 0.280. The minimum atomic E-state index is -0.590. The van der Waals surface area contributed by atoms with Crippen molar-refractivity contribution in [3.63, 3.8) is 0 Å². The van der Waals surface area contributed by atoms with Crippen LogP contribution in [-0.4, -0.2) is 32.1 Å². The number of unbranched alkanes of at least 4 members (excludes halogenated alkanes) is 1. The van der Waals surface area contributed by atoms with Crippen LogP contribution in [0.4, 0.5) is 5.69 Å². The van der Waals surface area contributed by atoms with Gasteiger partial charge in [-0.25, -0.2) is 4.79 Å². The highest BCUT2D eigenvalue weighted by Crippen LogP contribution is 2.17. The first-order chi connectivity index (χ1) is 16.0. The fourth-order valence-electron chi connectivity index (χ4n) is 3.35. The molecule has 0 spiro atoms. The van der Waals surface area contributed by atoms with Crippen LogP contribution in [0.5, 0.6) is 5.88 Å². The molecule has 3 rings (SSSR count). The number of carbonyl (C=O) groups is 1. The van der Waals surface area contributed by atoms with Gasteiger partial charge in [0.05, 0.1) is 5.69 Å². The van der Waals surface area contributed by atoms with Crippen molar-refractivity contribution in [3.05, 3.63) is 92.1 Å². The summed E-state index contributed by atoms with van der Waals surface area (Å²) in [5, 5.41) is 10.6. The Bertz CT molecular complexity index is 1250. The molecular formula is C25H26ClN3O4. The molecule has 0 amide bonds. The number of hydrogen-bond donors (Lipinski definition) is 1. The van der Waals surface area contributed by atoms with E-state index in [1.807, 2.05) is 13.0 Å². The van der Waals surface area contributed by atoms with Crippen molar-refractivity contribution in [1.29, 1.82) is 0 Å². The van der Waals surface area contributed by atoms with Crippen LogP contribution in [0, 0.1) is 0 Å². The molecule has 0 atom stereocenters. The Morgan fingerprint density at radius 1 is 0.970 bits per heavy atom. The molecule has 2 aromatic carbocycles. The van der Waals surface area contributed by atoms with E-state index in [2.05, 4.69) is 4.99 Å². The molecule has 0 aliphatic heterocycles. The Kier molecular flexibility index (Phi) is 8.38. The predicted molar refractivity (Wildman–Crippen MR) is 130 cm³/mol. The van der Waals surface area contributed by atoms with Gasteiger partial charge in [-0.2, -0.15) is 0 Å². The van der Waals surface area contributed by atoms with Crippen LogP contribution in [0.25, 0.3) is 0 Å². The fourth-order valence-corrected chi connectivity index (χ4v) is 3.47. The number of nitrogens with zero attached hydrogens (tertiary/aromatic N) is 3. The average molecular weight is 468 g/mol. The monoisotopic (exact) mass is 467 g/mol. The smallest absolute Gasteiger partial charge is 0.333 e. The maximum Gasteiger partial charge on any atom is 0.333 e. The molecule has 0 bridgehead atoms. The van der Waals surface area contributed by atoms with Crippen molar-refractivity contribution >= 4 is 29.3 Å². The van der Waals surface area contributed by atoms with Gasteiger partial charge in [0.1, 0.15) is 5.56 Å². The summed E-state index contributed by atoms with van der Waals surface area (Å²) in [6, 6.07) is 15.6. The summed E-state index contributed by atoms with van der Waals surface area (Å²) < 4.78 is 2.28. The third-order valence-corrected chi connectivity index (χ3v) is 5.46. The number of rotatable bonds is 10. The number of alkyl halides is 1. The van der Waals surface area contributed by atoms with Crippen LogP contribution >= 0.6 is 11.6 Å². The van der Waals surface area contributed by atoms with Crippen molar-refractivity contribution < 1.29 is 9.90 Å². The predicted octanol–water partition coefficient (Wildman–Crippen LogP) is 4.13. The third-order valence-electron chi connectivity index (χ3n) is 5.19. The van der Waals surface area contributed by atoms with E-state index in [1.165, 1.54) is 6.21 Å². The van der Waals surface area contributed by atoms with E-state index in [4.69, 9.17) is 11.6 Å². The molecule has 0 radical (unpaired) electrons. The highest BCUT2D eigenvalue weighted by molar-refractivity contribution is 6.17. The van der Waals surface area contributed by atoms with E-state index in [0.717, 1.165) is 15.6 Å². The molecule has 0 aliphatic rings. The highest BCUT2D eigenvalue weighted by Gasteiger charge is 2.17. The molecule has 0 unspecified atom stereocenters. The first-order valence-corrected chi connectivity index (χ1v) is 11.4. The number of aliphatic imine (C=N–C) groups is 1. The lowest BCUT2D eigenvalue weighted by molar-refractivity contribution is 0.103. The van der Waals surface area contributed by atoms with Crippen molar-refractivity contribution in [2.45, 2.75) is 39.3 Å². The van der Waals surface area contributed by atoms with Crippen LogP contribution in [-0.2, 0) is 13.1 Å². The van der Waals surface area contributed by atoms with Crippen molar-refractivity contribution in [2.24, 2.45) is 4.99 Å². The lowest BCUT2D eigenvalue weighted by Crippen LogP contribution is -2.41. The summed E-state index contributed by atoms with van der Waals surface area (Å²) in [5.74, 6) is -0.214. The van der Waals surface area contributed by atoms with Crippen LogP contribution in [0.2, 0.25) is 0 Å². The average Bonchev–Trinajstić information content (AvgIpc) is 2.84. The number of hydrogen-bond acceptors (Lipinski definition) is 5. The number of benzene rings is 2. The minimum absolute atomic E-state index is 0.0651. The minimum Gasteiger partial charge on any atom is -0.494 e. The van der Waals surface area contributed by atoms with Crippen molar-refractivity contribution in [3.8, 4) is 5.88 Å². The molecule has 1 aromatic heterocycles. The summed E-state index contributed by atoms with van der Waals surface area (Å²) in [6.45, 7) is 2.41. The second-order valence-corrected chi connectivity index (χ2v) is 7.90. The van der Waals surface area contributed by atoms with Gasteiger partial charge in [0, 0.05) is 36.3 Å². The number of carbonyl (C=O) groups excluding carboxylic acids is 1. The van der Waals surface area contributed by atoms with Gasteiger partial charge < -0.3 is 5.11 Å². The van der Waals surface area contributed by atoms with E-state index in [0.29, 0.717) is 35.5 Å². The summed E-state index contributed by atoms with van der Waals surface area (Å²) in [5.41, 5.74) is 0.386. The molecule has 33 heavy (non-hydrogen) atoms. The normalized spacial score (nSPS) is 11.2. The van der Waals surface area contributed by atoms with Crippen LogP contribution in [0.1, 0.15) is 47.7 Å². The summed E-state index contributed by atoms with van der Waals surface area (Å²) >= 11 is 5.75. The van der Waals surface area contributed by atoms with Crippen LogP contribution < -0.4 is 11.2 Å². The molecule has 0 saturated carbocycles. The molecule has 0 saturated heterocycles. The van der Waals surface area contributed by atoms with Gasteiger partial charge in [0.2, 0.25) is 5.88 Å². The van der Waals surface area contributed by atoms with E-state index >= 15 is 0 Å². The molecule has 1 heterocycles. The second-order valence-electron chi connectivity index (χ2n) is 7.52. The first-order valence-electron chi connectivity index (χ1n) is 10.8. The highest BCUT2D eigenvalue weighted by atomic mass is 35.5. The Morgan fingerprint density at radius 2 is 1.61 bits per heavy atom. The Balaban J connectivity index is 1.93. The van der Waals surface area contributed by atoms with Gasteiger partial charge in [-0.3, -0.25) is 23.7 Å². The van der Waals surface area contributed by atoms with E-state index in [9.17, 15) is 19.5 Å².